The van der Waals surface area contributed by atoms with Crippen molar-refractivity contribution in [3.63, 3.8) is 0 Å². The minimum absolute atomic E-state index is 0.923. The van der Waals surface area contributed by atoms with Crippen molar-refractivity contribution < 1.29 is 0 Å². The normalized spacial score (nSPS) is 12.6. The van der Waals surface area contributed by atoms with Gasteiger partial charge < -0.3 is 0 Å². The maximum Gasteiger partial charge on any atom is 0.168 e. The molecular weight excluding hydrogens is 494 g/mol. The third-order valence-corrected chi connectivity index (χ3v) is 22.8. The Labute approximate surface area is 246 Å². The van der Waals surface area contributed by atoms with Gasteiger partial charge in [0.25, 0.3) is 0 Å². The summed E-state index contributed by atoms with van der Waals surface area (Å²) in [5, 5.41) is 1.17. The largest absolute Gasteiger partial charge is 0.168 e. The van der Waals surface area contributed by atoms with Crippen molar-refractivity contribution in [3.8, 4) is 0 Å². The second-order valence-corrected chi connectivity index (χ2v) is 22.2. The van der Waals surface area contributed by atoms with E-state index < -0.39 is 14.5 Å². The van der Waals surface area contributed by atoms with E-state index in [4.69, 9.17) is 0 Å². The molecule has 0 aliphatic carbocycles. The van der Waals surface area contributed by atoms with Crippen LogP contribution in [0.5, 0.6) is 0 Å². The van der Waals surface area contributed by atoms with Crippen molar-refractivity contribution in [2.75, 3.05) is 37.0 Å². The molecule has 0 amide bonds. The first kappa shape index (κ1) is 38.9. The average Bonchev–Trinajstić information content (AvgIpc) is 2.94. The predicted molar refractivity (Wildman–Crippen MR) is 188 cm³/mol. The minimum atomic E-state index is -0.923. The molecule has 0 saturated heterocycles. The molecule has 0 N–H and O–H groups in total. The highest BCUT2D eigenvalue weighted by molar-refractivity contribution is 7.93. The zero-order chi connectivity index (χ0) is 28.4. The van der Waals surface area contributed by atoms with Gasteiger partial charge in [0.05, 0.1) is 51.5 Å². The van der Waals surface area contributed by atoms with Gasteiger partial charge in [-0.05, 0) is 44.9 Å². The molecule has 0 unspecified atom stereocenters. The van der Waals surface area contributed by atoms with Crippen LogP contribution in [0.1, 0.15) is 190 Å². The second-order valence-electron chi connectivity index (χ2n) is 13.0. The van der Waals surface area contributed by atoms with Crippen molar-refractivity contribution in [1.82, 2.24) is 0 Å². The summed E-state index contributed by atoms with van der Waals surface area (Å²) in [6.45, 7) is 17.2. The van der Waals surface area contributed by atoms with Crippen LogP contribution in [0.25, 0.3) is 0 Å². The Balaban J connectivity index is 6.12. The Morgan fingerprint density at radius 2 is 0.526 bits per heavy atom. The molecule has 0 aliphatic heterocycles. The third-order valence-electron chi connectivity index (χ3n) is 9.57. The van der Waals surface area contributed by atoms with Gasteiger partial charge in [-0.15, -0.1) is 0 Å². The van der Waals surface area contributed by atoms with Crippen molar-refractivity contribution in [2.24, 2.45) is 0 Å². The summed E-state index contributed by atoms with van der Waals surface area (Å²) in [6.07, 6.45) is 42.5. The summed E-state index contributed by atoms with van der Waals surface area (Å²) in [4.78, 5) is 0. The lowest BCUT2D eigenvalue weighted by Gasteiger charge is -2.43. The summed E-state index contributed by atoms with van der Waals surface area (Å²) in [5.74, 6) is 0. The number of hydrogen-bond donors (Lipinski definition) is 0. The van der Waals surface area contributed by atoms with Crippen LogP contribution in [0.4, 0.5) is 0 Å². The standard InChI is InChI=1S/C36H78P2/c1-8-15-22-23-24-25-26-27-28-29-36(37(30-16-9-2,31-17-10-3)32-18-11-4)38(33-19-12-5,34-20-13-6)35-21-14-7/h36H,8-35H2,1-7H3/q+2. The zero-order valence-electron chi connectivity index (χ0n) is 28.3. The third kappa shape index (κ3) is 16.3. The summed E-state index contributed by atoms with van der Waals surface area (Å²) >= 11 is 0. The molecular formula is C36H78P2+2. The molecule has 0 nitrogen and oxygen atoms in total. The van der Waals surface area contributed by atoms with E-state index in [2.05, 4.69) is 48.5 Å². The molecule has 0 radical (unpaired) electrons. The lowest BCUT2D eigenvalue weighted by atomic mass is 10.1. The van der Waals surface area contributed by atoms with E-state index in [1.807, 2.05) is 0 Å². The molecule has 2 heteroatoms. The maximum atomic E-state index is 2.47. The lowest BCUT2D eigenvalue weighted by molar-refractivity contribution is 0.559. The highest BCUT2D eigenvalue weighted by Crippen LogP contribution is 2.82. The van der Waals surface area contributed by atoms with Gasteiger partial charge >= 0.3 is 0 Å². The van der Waals surface area contributed by atoms with E-state index in [-0.39, 0.29) is 0 Å². The van der Waals surface area contributed by atoms with Crippen LogP contribution in [0, 0.1) is 0 Å². The van der Waals surface area contributed by atoms with Crippen LogP contribution in [0.3, 0.4) is 0 Å². The van der Waals surface area contributed by atoms with Crippen LogP contribution in [-0.2, 0) is 0 Å². The van der Waals surface area contributed by atoms with Gasteiger partial charge in [-0.25, -0.2) is 0 Å². The summed E-state index contributed by atoms with van der Waals surface area (Å²) < 4.78 is 0. The molecule has 230 valence electrons. The first-order valence-electron chi connectivity index (χ1n) is 18.3. The number of hydrogen-bond acceptors (Lipinski definition) is 0. The molecule has 0 saturated carbocycles. The molecule has 0 rings (SSSR count). The fourth-order valence-corrected chi connectivity index (χ4v) is 23.6. The van der Waals surface area contributed by atoms with Crippen molar-refractivity contribution in [3.05, 3.63) is 0 Å². The van der Waals surface area contributed by atoms with Crippen LogP contribution >= 0.6 is 14.5 Å². The smallest absolute Gasteiger partial charge is 0.0654 e. The first-order chi connectivity index (χ1) is 18.6. The average molecular weight is 573 g/mol. The highest BCUT2D eigenvalue weighted by atomic mass is 31.2. The molecule has 0 aromatic heterocycles. The van der Waals surface area contributed by atoms with Crippen molar-refractivity contribution >= 4 is 14.5 Å². The van der Waals surface area contributed by atoms with E-state index >= 15 is 0 Å². The van der Waals surface area contributed by atoms with Gasteiger partial charge in [0, 0.05) is 6.42 Å². The molecule has 38 heavy (non-hydrogen) atoms. The van der Waals surface area contributed by atoms with Crippen LogP contribution in [0.2, 0.25) is 0 Å². The Morgan fingerprint density at radius 3 is 0.789 bits per heavy atom. The summed E-state index contributed by atoms with van der Waals surface area (Å²) in [5.41, 5.74) is 0. The van der Waals surface area contributed by atoms with E-state index in [0.29, 0.717) is 0 Å². The van der Waals surface area contributed by atoms with Gasteiger partial charge in [-0.2, -0.15) is 0 Å². The Hall–Kier alpha value is 0.860. The Kier molecular flexibility index (Phi) is 27.3. The molecule has 0 aliphatic rings. The minimum Gasteiger partial charge on any atom is -0.0654 e. The maximum absolute atomic E-state index is 2.47. The predicted octanol–water partition coefficient (Wildman–Crippen LogP) is 14.1. The van der Waals surface area contributed by atoms with Crippen molar-refractivity contribution in [1.29, 1.82) is 0 Å². The van der Waals surface area contributed by atoms with Gasteiger partial charge in [0.15, 0.2) is 5.40 Å². The second kappa shape index (κ2) is 26.7. The van der Waals surface area contributed by atoms with Crippen molar-refractivity contribution in [2.45, 2.75) is 195 Å². The first-order valence-corrected chi connectivity index (χ1v) is 23.1. The Morgan fingerprint density at radius 1 is 0.289 bits per heavy atom. The number of rotatable bonds is 30. The fourth-order valence-electron chi connectivity index (χ4n) is 7.11. The van der Waals surface area contributed by atoms with Gasteiger partial charge in [0.1, 0.15) is 0 Å². The van der Waals surface area contributed by atoms with E-state index in [9.17, 15) is 0 Å². The lowest BCUT2D eigenvalue weighted by Crippen LogP contribution is -2.30. The molecule has 0 fully saturated rings. The zero-order valence-corrected chi connectivity index (χ0v) is 30.1. The molecule has 0 atom stereocenters. The summed E-state index contributed by atoms with van der Waals surface area (Å²) in [7, 11) is -1.85. The van der Waals surface area contributed by atoms with E-state index in [1.54, 1.807) is 49.8 Å². The number of unbranched alkanes of at least 4 members (excludes halogenated alkanes) is 14. The van der Waals surface area contributed by atoms with Gasteiger partial charge in [-0.1, -0.05) is 138 Å². The highest BCUT2D eigenvalue weighted by Gasteiger charge is 2.58. The topological polar surface area (TPSA) is 0 Å². The molecule has 0 aromatic rings. The SMILES string of the molecule is CCCCCCCCCCCC([P+](CCCC)(CCCC)CCCC)[P+](CCCC)(CCCC)CCCC. The molecule has 0 spiro atoms. The van der Waals surface area contributed by atoms with Crippen LogP contribution in [0.15, 0.2) is 0 Å². The molecule has 0 heterocycles. The quantitative estimate of drug-likeness (QED) is 0.0593. The molecule has 0 aromatic carbocycles. The fraction of sp³-hybridized carbons (Fsp3) is 1.00. The summed E-state index contributed by atoms with van der Waals surface area (Å²) in [6, 6.07) is 0. The van der Waals surface area contributed by atoms with Gasteiger partial charge in [0.2, 0.25) is 0 Å². The molecule has 0 bridgehead atoms. The van der Waals surface area contributed by atoms with Crippen LogP contribution < -0.4 is 0 Å². The van der Waals surface area contributed by atoms with E-state index in [0.717, 1.165) is 0 Å². The van der Waals surface area contributed by atoms with E-state index in [1.165, 1.54) is 134 Å². The monoisotopic (exact) mass is 573 g/mol. The van der Waals surface area contributed by atoms with Crippen LogP contribution in [-0.4, -0.2) is 42.4 Å². The Bertz CT molecular complexity index is 398. The van der Waals surface area contributed by atoms with Gasteiger partial charge in [-0.3, -0.25) is 0 Å².